The average molecular weight is 321 g/mol. The first-order valence-electron chi connectivity index (χ1n) is 8.15. The van der Waals surface area contributed by atoms with Gasteiger partial charge in [-0.2, -0.15) is 0 Å². The predicted octanol–water partition coefficient (Wildman–Crippen LogP) is 5.86. The van der Waals surface area contributed by atoms with E-state index < -0.39 is 8.32 Å². The highest BCUT2D eigenvalue weighted by Crippen LogP contribution is 2.19. The van der Waals surface area contributed by atoms with Gasteiger partial charge in [-0.25, -0.2) is 0 Å². The molecule has 0 aliphatic rings. The lowest BCUT2D eigenvalue weighted by atomic mass is 10.1. The second kappa shape index (κ2) is 15.6. The van der Waals surface area contributed by atoms with E-state index in [1.807, 2.05) is 0 Å². The maximum Gasteiger partial charge on any atom is 0.187 e. The number of hydrogen-bond donors (Lipinski definition) is 1. The Bertz CT molecular complexity index is 209. The molecule has 0 N–H and O–H groups in total. The zero-order chi connectivity index (χ0) is 15.9. The highest BCUT2D eigenvalue weighted by molar-refractivity contribution is 7.94. The lowest BCUT2D eigenvalue weighted by Gasteiger charge is -2.25. The highest BCUT2D eigenvalue weighted by Gasteiger charge is 2.22. The first-order valence-corrected chi connectivity index (χ1v) is 11.8. The fourth-order valence-electron chi connectivity index (χ4n) is 2.38. The predicted molar refractivity (Wildman–Crippen MR) is 96.9 cm³/mol. The third-order valence-electron chi connectivity index (χ3n) is 3.19. The Labute approximate surface area is 133 Å². The normalized spacial score (nSPS) is 11.2. The SMILES string of the molecule is CCCCCCCCCC[Si](C)(C)OC(C)C.O=CS. The van der Waals surface area contributed by atoms with Crippen molar-refractivity contribution in [3.63, 3.8) is 0 Å². The molecule has 0 heterocycles. The van der Waals surface area contributed by atoms with Crippen LogP contribution in [0.3, 0.4) is 0 Å². The van der Waals surface area contributed by atoms with E-state index in [0.717, 1.165) is 0 Å². The Morgan fingerprint density at radius 1 is 1.00 bits per heavy atom. The van der Waals surface area contributed by atoms with E-state index in [2.05, 4.69) is 46.5 Å². The number of carbonyl (C=O) groups excluding carboxylic acids is 1. The summed E-state index contributed by atoms with van der Waals surface area (Å²) >= 11 is 3.11. The van der Waals surface area contributed by atoms with Gasteiger partial charge < -0.3 is 4.43 Å². The van der Waals surface area contributed by atoms with Crippen molar-refractivity contribution in [3.05, 3.63) is 0 Å². The van der Waals surface area contributed by atoms with E-state index in [-0.39, 0.29) is 0 Å². The molecule has 0 aromatic heterocycles. The topological polar surface area (TPSA) is 26.3 Å². The van der Waals surface area contributed by atoms with Crippen molar-refractivity contribution in [1.29, 1.82) is 0 Å². The molecule has 0 aliphatic carbocycles. The summed E-state index contributed by atoms with van der Waals surface area (Å²) in [5, 5.41) is 0. The Kier molecular flexibility index (Phi) is 17.5. The zero-order valence-electron chi connectivity index (χ0n) is 14.3. The van der Waals surface area contributed by atoms with Gasteiger partial charge in [0.2, 0.25) is 0 Å². The van der Waals surface area contributed by atoms with Crippen LogP contribution in [0, 0.1) is 0 Å². The van der Waals surface area contributed by atoms with Gasteiger partial charge in [0.15, 0.2) is 13.9 Å². The molecular formula is C16H36O2SSi. The fourth-order valence-corrected chi connectivity index (χ4v) is 4.88. The van der Waals surface area contributed by atoms with Crippen LogP contribution < -0.4 is 0 Å². The smallest absolute Gasteiger partial charge is 0.187 e. The number of carbonyl (C=O) groups is 1. The number of unbranched alkanes of at least 4 members (excludes halogenated alkanes) is 7. The van der Waals surface area contributed by atoms with Crippen LogP contribution in [0.15, 0.2) is 0 Å². The van der Waals surface area contributed by atoms with Crippen LogP contribution in [0.25, 0.3) is 0 Å². The molecular weight excluding hydrogens is 284 g/mol. The van der Waals surface area contributed by atoms with E-state index in [1.54, 1.807) is 0 Å². The molecule has 0 saturated carbocycles. The van der Waals surface area contributed by atoms with Crippen molar-refractivity contribution in [1.82, 2.24) is 0 Å². The van der Waals surface area contributed by atoms with Crippen molar-refractivity contribution < 1.29 is 9.22 Å². The fraction of sp³-hybridized carbons (Fsp3) is 0.938. The second-order valence-electron chi connectivity index (χ2n) is 6.26. The Balaban J connectivity index is 0. The van der Waals surface area contributed by atoms with Gasteiger partial charge in [0.05, 0.1) is 0 Å². The van der Waals surface area contributed by atoms with E-state index in [4.69, 9.17) is 9.22 Å². The molecule has 122 valence electrons. The monoisotopic (exact) mass is 320 g/mol. The quantitative estimate of drug-likeness (QED) is 0.223. The van der Waals surface area contributed by atoms with Gasteiger partial charge in [-0.15, -0.1) is 12.6 Å². The molecule has 0 rings (SSSR count). The summed E-state index contributed by atoms with van der Waals surface area (Å²) in [5.41, 5.74) is 0.444. The molecule has 2 nitrogen and oxygen atoms in total. The van der Waals surface area contributed by atoms with Crippen molar-refractivity contribution >= 4 is 26.6 Å². The van der Waals surface area contributed by atoms with Crippen molar-refractivity contribution in [2.45, 2.75) is 97.4 Å². The third-order valence-corrected chi connectivity index (χ3v) is 5.85. The lowest BCUT2D eigenvalue weighted by molar-refractivity contribution is 0.230. The van der Waals surface area contributed by atoms with E-state index in [1.165, 1.54) is 57.4 Å². The molecule has 0 unspecified atom stereocenters. The maximum atomic E-state index is 8.67. The first-order chi connectivity index (χ1) is 9.39. The molecule has 0 spiro atoms. The first kappa shape index (κ1) is 22.5. The van der Waals surface area contributed by atoms with Crippen LogP contribution in [0.4, 0.5) is 0 Å². The molecule has 0 fully saturated rings. The molecule has 0 atom stereocenters. The van der Waals surface area contributed by atoms with Crippen LogP contribution >= 0.6 is 12.6 Å². The summed E-state index contributed by atoms with van der Waals surface area (Å²) in [6.07, 6.45) is 11.7. The minimum atomic E-state index is -1.35. The van der Waals surface area contributed by atoms with Gasteiger partial charge in [-0.1, -0.05) is 58.3 Å². The number of hydrogen-bond acceptors (Lipinski definition) is 2. The van der Waals surface area contributed by atoms with Gasteiger partial charge in [0, 0.05) is 6.10 Å². The molecule has 0 amide bonds. The Hall–Kier alpha value is 0.197. The van der Waals surface area contributed by atoms with Crippen molar-refractivity contribution in [2.24, 2.45) is 0 Å². The lowest BCUT2D eigenvalue weighted by Crippen LogP contribution is -2.33. The summed E-state index contributed by atoms with van der Waals surface area (Å²) < 4.78 is 6.04. The van der Waals surface area contributed by atoms with Crippen LogP contribution in [-0.2, 0) is 9.22 Å². The molecule has 20 heavy (non-hydrogen) atoms. The van der Waals surface area contributed by atoms with Gasteiger partial charge in [-0.05, 0) is 33.0 Å². The summed E-state index contributed by atoms with van der Waals surface area (Å²) in [4.78, 5) is 8.67. The number of rotatable bonds is 11. The summed E-state index contributed by atoms with van der Waals surface area (Å²) in [6.45, 7) is 11.3. The Morgan fingerprint density at radius 3 is 1.80 bits per heavy atom. The molecule has 0 aromatic rings. The third kappa shape index (κ3) is 20.5. The highest BCUT2D eigenvalue weighted by atomic mass is 32.1. The molecule has 0 bridgehead atoms. The van der Waals surface area contributed by atoms with Crippen LogP contribution in [0.5, 0.6) is 0 Å². The minimum absolute atomic E-state index is 0.408. The number of thiol groups is 1. The summed E-state index contributed by atoms with van der Waals surface area (Å²) in [7, 11) is -1.35. The van der Waals surface area contributed by atoms with Crippen molar-refractivity contribution in [2.75, 3.05) is 0 Å². The van der Waals surface area contributed by atoms with Crippen molar-refractivity contribution in [3.8, 4) is 0 Å². The van der Waals surface area contributed by atoms with Gasteiger partial charge in [0.1, 0.15) is 0 Å². The Morgan fingerprint density at radius 2 is 1.40 bits per heavy atom. The molecule has 0 saturated heterocycles. The largest absolute Gasteiger partial charge is 0.415 e. The van der Waals surface area contributed by atoms with Crippen LogP contribution in [0.2, 0.25) is 19.1 Å². The van der Waals surface area contributed by atoms with Crippen LogP contribution in [0.1, 0.15) is 72.1 Å². The van der Waals surface area contributed by atoms with Crippen LogP contribution in [-0.4, -0.2) is 20.0 Å². The molecule has 0 aromatic carbocycles. The summed E-state index contributed by atoms with van der Waals surface area (Å²) in [5.74, 6) is 0. The molecule has 0 aliphatic heterocycles. The average Bonchev–Trinajstić information content (AvgIpc) is 2.32. The second-order valence-corrected chi connectivity index (χ2v) is 10.7. The van der Waals surface area contributed by atoms with E-state index in [9.17, 15) is 0 Å². The van der Waals surface area contributed by atoms with Gasteiger partial charge >= 0.3 is 0 Å². The zero-order valence-corrected chi connectivity index (χ0v) is 16.2. The molecule has 4 heteroatoms. The van der Waals surface area contributed by atoms with Gasteiger partial charge in [-0.3, -0.25) is 4.79 Å². The standard InChI is InChI=1S/C15H34OSi.CH2OS/c1-6-7-8-9-10-11-12-13-14-17(4,5)16-15(2)3;2-1-3/h15H,6-14H2,1-5H3;1H,(H,2,3). The van der Waals surface area contributed by atoms with Gasteiger partial charge in [0.25, 0.3) is 0 Å². The molecule has 0 radical (unpaired) electrons. The summed E-state index contributed by atoms with van der Waals surface area (Å²) in [6, 6.07) is 1.33. The minimum Gasteiger partial charge on any atom is -0.415 e. The van der Waals surface area contributed by atoms with E-state index >= 15 is 0 Å². The van der Waals surface area contributed by atoms with E-state index in [0.29, 0.717) is 11.7 Å². The maximum absolute atomic E-state index is 8.67.